The summed E-state index contributed by atoms with van der Waals surface area (Å²) in [6.45, 7) is 0.345. The average Bonchev–Trinajstić information content (AvgIpc) is 2.87. The van der Waals surface area contributed by atoms with Gasteiger partial charge in [-0.3, -0.25) is 10.1 Å². The van der Waals surface area contributed by atoms with Crippen molar-refractivity contribution in [2.45, 2.75) is 6.54 Å². The smallest absolute Gasteiger partial charge is 0.337 e. The van der Waals surface area contributed by atoms with Gasteiger partial charge in [0.2, 0.25) is 0 Å². The monoisotopic (exact) mass is 276 g/mol. The van der Waals surface area contributed by atoms with E-state index < -0.39 is 10.9 Å². The highest BCUT2D eigenvalue weighted by Crippen LogP contribution is 2.27. The molecule has 104 valence electrons. The van der Waals surface area contributed by atoms with Crippen LogP contribution in [0, 0.1) is 10.1 Å². The Morgan fingerprint density at radius 1 is 1.45 bits per heavy atom. The molecule has 0 atom stereocenters. The van der Waals surface area contributed by atoms with Gasteiger partial charge in [-0.1, -0.05) is 6.07 Å². The maximum absolute atomic E-state index is 10.9. The van der Waals surface area contributed by atoms with Crippen LogP contribution in [0.4, 0.5) is 5.69 Å². The number of aromatic nitrogens is 1. The van der Waals surface area contributed by atoms with Crippen LogP contribution >= 0.6 is 0 Å². The largest absolute Gasteiger partial charge is 0.490 e. The summed E-state index contributed by atoms with van der Waals surface area (Å²) in [5.74, 6) is -0.818. The zero-order valence-corrected chi connectivity index (χ0v) is 10.6. The lowest BCUT2D eigenvalue weighted by atomic mass is 10.2. The van der Waals surface area contributed by atoms with Gasteiger partial charge in [-0.2, -0.15) is 0 Å². The topological polar surface area (TPSA) is 94.6 Å². The van der Waals surface area contributed by atoms with E-state index >= 15 is 0 Å². The van der Waals surface area contributed by atoms with E-state index in [9.17, 15) is 14.9 Å². The Kier molecular flexibility index (Phi) is 3.69. The molecule has 1 heterocycles. The number of hydrogen-bond donors (Lipinski definition) is 1. The molecule has 0 spiro atoms. The fraction of sp³-hybridized carbons (Fsp3) is 0.154. The highest BCUT2D eigenvalue weighted by atomic mass is 16.6. The highest BCUT2D eigenvalue weighted by Gasteiger charge is 2.15. The number of carboxylic acid groups (broad SMARTS) is 1. The minimum atomic E-state index is -1.01. The first-order valence-corrected chi connectivity index (χ1v) is 5.71. The van der Waals surface area contributed by atoms with Gasteiger partial charge in [0.15, 0.2) is 5.75 Å². The summed E-state index contributed by atoms with van der Waals surface area (Å²) in [4.78, 5) is 21.2. The van der Waals surface area contributed by atoms with Crippen molar-refractivity contribution in [1.29, 1.82) is 0 Å². The summed E-state index contributed by atoms with van der Waals surface area (Å²) in [5, 5.41) is 19.8. The van der Waals surface area contributed by atoms with E-state index in [4.69, 9.17) is 9.84 Å². The Hall–Kier alpha value is -2.83. The molecular weight excluding hydrogens is 264 g/mol. The van der Waals surface area contributed by atoms with Gasteiger partial charge < -0.3 is 14.4 Å². The Morgan fingerprint density at radius 3 is 2.75 bits per heavy atom. The summed E-state index contributed by atoms with van der Waals surface area (Å²) in [6.07, 6.45) is 3.08. The summed E-state index contributed by atoms with van der Waals surface area (Å²) in [6, 6.07) is 6.11. The van der Waals surface area contributed by atoms with Crippen LogP contribution in [0.15, 0.2) is 36.7 Å². The molecule has 1 N–H and O–H groups in total. The summed E-state index contributed by atoms with van der Waals surface area (Å²) >= 11 is 0. The minimum Gasteiger partial charge on any atom is -0.490 e. The van der Waals surface area contributed by atoms with Crippen molar-refractivity contribution in [2.24, 2.45) is 0 Å². The summed E-state index contributed by atoms with van der Waals surface area (Å²) < 4.78 is 6.57. The van der Waals surface area contributed by atoms with Crippen LogP contribution in [0.1, 0.15) is 15.9 Å². The average molecular weight is 276 g/mol. The van der Waals surface area contributed by atoms with Crippen LogP contribution in [0.2, 0.25) is 0 Å². The lowest BCUT2D eigenvalue weighted by Crippen LogP contribution is -2.00. The molecule has 0 aliphatic carbocycles. The fourth-order valence-corrected chi connectivity index (χ4v) is 1.85. The van der Waals surface area contributed by atoms with Crippen molar-refractivity contribution in [3.05, 3.63) is 57.9 Å². The summed E-state index contributed by atoms with van der Waals surface area (Å²) in [7, 11) is 1.37. The standard InChI is InChI=1S/C13H12N2O5/c1-20-12-3-2-9(6-11(12)15(18)19)7-14-5-4-10(8-14)13(16)17/h2-6,8H,7H2,1H3,(H,16,17). The molecule has 0 saturated heterocycles. The lowest BCUT2D eigenvalue weighted by molar-refractivity contribution is -0.385. The van der Waals surface area contributed by atoms with Gasteiger partial charge in [0.1, 0.15) is 0 Å². The number of aromatic carboxylic acids is 1. The number of carbonyl (C=O) groups is 1. The molecule has 0 bridgehead atoms. The summed E-state index contributed by atoms with van der Waals surface area (Å²) in [5.41, 5.74) is 0.744. The zero-order chi connectivity index (χ0) is 14.7. The van der Waals surface area contributed by atoms with E-state index in [1.54, 1.807) is 16.8 Å². The Bertz CT molecular complexity index is 663. The van der Waals surface area contributed by atoms with E-state index in [0.717, 1.165) is 0 Å². The number of carboxylic acids is 1. The first kappa shape index (κ1) is 13.6. The molecule has 0 aliphatic rings. The molecule has 1 aromatic carbocycles. The SMILES string of the molecule is COc1ccc(Cn2ccc(C(=O)O)c2)cc1[N+](=O)[O-]. The normalized spacial score (nSPS) is 10.2. The van der Waals surface area contributed by atoms with E-state index in [-0.39, 0.29) is 17.0 Å². The van der Waals surface area contributed by atoms with Gasteiger partial charge in [0.25, 0.3) is 0 Å². The number of rotatable bonds is 5. The fourth-order valence-electron chi connectivity index (χ4n) is 1.85. The van der Waals surface area contributed by atoms with E-state index in [1.807, 2.05) is 0 Å². The molecule has 0 aliphatic heterocycles. The maximum Gasteiger partial charge on any atom is 0.337 e. The van der Waals surface area contributed by atoms with Crippen LogP contribution in [-0.2, 0) is 6.54 Å². The highest BCUT2D eigenvalue weighted by molar-refractivity contribution is 5.87. The van der Waals surface area contributed by atoms with Crippen molar-refractivity contribution < 1.29 is 19.6 Å². The van der Waals surface area contributed by atoms with Gasteiger partial charge in [-0.15, -0.1) is 0 Å². The third kappa shape index (κ3) is 2.77. The lowest BCUT2D eigenvalue weighted by Gasteiger charge is -2.06. The molecule has 7 nitrogen and oxygen atoms in total. The van der Waals surface area contributed by atoms with E-state index in [2.05, 4.69) is 0 Å². The molecule has 20 heavy (non-hydrogen) atoms. The Labute approximate surface area is 114 Å². The molecular formula is C13H12N2O5. The quantitative estimate of drug-likeness (QED) is 0.667. The minimum absolute atomic E-state index is 0.115. The molecule has 2 aromatic rings. The number of ether oxygens (including phenoxy) is 1. The molecule has 0 amide bonds. The molecule has 0 saturated carbocycles. The van der Waals surface area contributed by atoms with E-state index in [1.165, 1.54) is 31.5 Å². The van der Waals surface area contributed by atoms with E-state index in [0.29, 0.717) is 12.1 Å². The molecule has 0 radical (unpaired) electrons. The third-order valence-corrected chi connectivity index (χ3v) is 2.80. The molecule has 1 aromatic heterocycles. The van der Waals surface area contributed by atoms with Gasteiger partial charge in [0.05, 0.1) is 17.6 Å². The predicted molar refractivity (Wildman–Crippen MR) is 70.1 cm³/mol. The molecule has 2 rings (SSSR count). The van der Waals surface area contributed by atoms with Gasteiger partial charge >= 0.3 is 11.7 Å². The number of methoxy groups -OCH3 is 1. The predicted octanol–water partition coefficient (Wildman–Crippen LogP) is 2.15. The second-order valence-corrected chi connectivity index (χ2v) is 4.14. The molecule has 0 fully saturated rings. The Balaban J connectivity index is 2.26. The first-order valence-electron chi connectivity index (χ1n) is 5.71. The van der Waals surface area contributed by atoms with Crippen LogP contribution < -0.4 is 4.74 Å². The number of nitrogens with zero attached hydrogens (tertiary/aromatic N) is 2. The van der Waals surface area contributed by atoms with Gasteiger partial charge in [0, 0.05) is 25.0 Å². The molecule has 7 heteroatoms. The Morgan fingerprint density at radius 2 is 2.20 bits per heavy atom. The third-order valence-electron chi connectivity index (χ3n) is 2.80. The van der Waals surface area contributed by atoms with Crippen molar-refractivity contribution in [2.75, 3.05) is 7.11 Å². The van der Waals surface area contributed by atoms with Gasteiger partial charge in [-0.05, 0) is 17.7 Å². The van der Waals surface area contributed by atoms with Crippen molar-refractivity contribution in [1.82, 2.24) is 4.57 Å². The number of nitro benzene ring substituents is 1. The van der Waals surface area contributed by atoms with Crippen molar-refractivity contribution >= 4 is 11.7 Å². The van der Waals surface area contributed by atoms with Gasteiger partial charge in [-0.25, -0.2) is 4.79 Å². The zero-order valence-electron chi connectivity index (χ0n) is 10.6. The number of benzene rings is 1. The molecule has 0 unspecified atom stereocenters. The number of hydrogen-bond acceptors (Lipinski definition) is 4. The van der Waals surface area contributed by atoms with Crippen LogP contribution in [0.3, 0.4) is 0 Å². The second kappa shape index (κ2) is 5.43. The van der Waals surface area contributed by atoms with Crippen LogP contribution in [0.25, 0.3) is 0 Å². The maximum atomic E-state index is 10.9. The van der Waals surface area contributed by atoms with Crippen LogP contribution in [0.5, 0.6) is 5.75 Å². The van der Waals surface area contributed by atoms with Crippen molar-refractivity contribution in [3.63, 3.8) is 0 Å². The number of nitro groups is 1. The van der Waals surface area contributed by atoms with Crippen molar-refractivity contribution in [3.8, 4) is 5.75 Å². The first-order chi connectivity index (χ1) is 9.51. The second-order valence-electron chi connectivity index (χ2n) is 4.14. The van der Waals surface area contributed by atoms with Crippen LogP contribution in [-0.4, -0.2) is 27.7 Å².